The number of rotatable bonds is 5. The summed E-state index contributed by atoms with van der Waals surface area (Å²) in [6, 6.07) is 10.6. The minimum atomic E-state index is -0.650. The maximum absolute atomic E-state index is 13.2. The maximum Gasteiger partial charge on any atom is 0.272 e. The third-order valence-corrected chi connectivity index (χ3v) is 2.70. The summed E-state index contributed by atoms with van der Waals surface area (Å²) in [4.78, 5) is 10.0. The van der Waals surface area contributed by atoms with Crippen molar-refractivity contribution in [2.45, 2.75) is 6.61 Å². The van der Waals surface area contributed by atoms with Crippen molar-refractivity contribution in [2.24, 2.45) is 0 Å². The van der Waals surface area contributed by atoms with E-state index in [1.54, 1.807) is 12.1 Å². The molecule has 0 heterocycles. The summed E-state index contributed by atoms with van der Waals surface area (Å²) in [6.45, 7) is 0.0670. The predicted molar refractivity (Wildman–Crippen MR) is 73.4 cm³/mol. The van der Waals surface area contributed by atoms with E-state index in [4.69, 9.17) is 4.74 Å². The third kappa shape index (κ3) is 3.44. The van der Waals surface area contributed by atoms with Crippen LogP contribution in [0.25, 0.3) is 0 Å². The van der Waals surface area contributed by atoms with Gasteiger partial charge in [-0.05, 0) is 35.9 Å². The molecule has 0 bridgehead atoms. The summed E-state index contributed by atoms with van der Waals surface area (Å²) in [5.74, 6) is -0.0424. The second-order valence-corrected chi connectivity index (χ2v) is 4.14. The number of hydrogen-bond donors (Lipinski definition) is 1. The van der Waals surface area contributed by atoms with Gasteiger partial charge in [-0.2, -0.15) is 0 Å². The molecular weight excluding hydrogens is 263 g/mol. The van der Waals surface area contributed by atoms with E-state index in [0.717, 1.165) is 11.8 Å². The molecule has 2 aromatic carbocycles. The highest BCUT2D eigenvalue weighted by atomic mass is 19.1. The van der Waals surface area contributed by atoms with Crippen LogP contribution in [0.1, 0.15) is 5.56 Å². The Bertz CT molecular complexity index is 614. The highest BCUT2D eigenvalue weighted by molar-refractivity contribution is 5.45. The Hall–Kier alpha value is -2.63. The highest BCUT2D eigenvalue weighted by Crippen LogP contribution is 2.20. The van der Waals surface area contributed by atoms with E-state index < -0.39 is 10.7 Å². The Morgan fingerprint density at radius 2 is 1.95 bits per heavy atom. The molecule has 0 amide bonds. The second kappa shape index (κ2) is 6.01. The molecule has 1 N–H and O–H groups in total. The Labute approximate surface area is 115 Å². The SMILES string of the molecule is CNc1ccc(OCc2cc(F)cc([N+](=O)[O-])c2)cc1. The van der Waals surface area contributed by atoms with Gasteiger partial charge in [-0.1, -0.05) is 0 Å². The summed E-state index contributed by atoms with van der Waals surface area (Å²) < 4.78 is 18.7. The second-order valence-electron chi connectivity index (χ2n) is 4.14. The molecule has 0 aliphatic carbocycles. The molecule has 104 valence electrons. The molecule has 2 rings (SSSR count). The van der Waals surface area contributed by atoms with Crippen LogP contribution in [0.2, 0.25) is 0 Å². The number of nitro groups is 1. The van der Waals surface area contributed by atoms with E-state index in [2.05, 4.69) is 5.32 Å². The van der Waals surface area contributed by atoms with Gasteiger partial charge in [0.25, 0.3) is 5.69 Å². The van der Waals surface area contributed by atoms with Crippen molar-refractivity contribution < 1.29 is 14.1 Å². The Morgan fingerprint density at radius 3 is 2.55 bits per heavy atom. The van der Waals surface area contributed by atoms with Gasteiger partial charge >= 0.3 is 0 Å². The number of anilines is 1. The maximum atomic E-state index is 13.2. The first-order chi connectivity index (χ1) is 9.58. The van der Waals surface area contributed by atoms with Crippen LogP contribution in [-0.4, -0.2) is 12.0 Å². The summed E-state index contributed by atoms with van der Waals surface area (Å²) in [5, 5.41) is 13.6. The van der Waals surface area contributed by atoms with Crippen molar-refractivity contribution in [3.63, 3.8) is 0 Å². The van der Waals surface area contributed by atoms with Gasteiger partial charge in [0.15, 0.2) is 0 Å². The molecule has 0 radical (unpaired) electrons. The van der Waals surface area contributed by atoms with Crippen LogP contribution in [0.5, 0.6) is 5.75 Å². The van der Waals surface area contributed by atoms with Gasteiger partial charge in [0, 0.05) is 18.8 Å². The van der Waals surface area contributed by atoms with Crippen molar-refractivity contribution in [3.05, 3.63) is 64.0 Å². The lowest BCUT2D eigenvalue weighted by atomic mass is 10.2. The molecule has 5 nitrogen and oxygen atoms in total. The zero-order chi connectivity index (χ0) is 14.5. The number of ether oxygens (including phenoxy) is 1. The zero-order valence-electron chi connectivity index (χ0n) is 10.8. The summed E-state index contributed by atoms with van der Waals surface area (Å²) in [6.07, 6.45) is 0. The van der Waals surface area contributed by atoms with E-state index in [1.165, 1.54) is 12.1 Å². The first kappa shape index (κ1) is 13.8. The van der Waals surface area contributed by atoms with Crippen molar-refractivity contribution in [3.8, 4) is 5.75 Å². The van der Waals surface area contributed by atoms with Gasteiger partial charge in [-0.3, -0.25) is 10.1 Å². The van der Waals surface area contributed by atoms with Crippen molar-refractivity contribution in [1.82, 2.24) is 0 Å². The lowest BCUT2D eigenvalue weighted by Gasteiger charge is -2.07. The number of benzene rings is 2. The monoisotopic (exact) mass is 276 g/mol. The fraction of sp³-hybridized carbons (Fsp3) is 0.143. The Balaban J connectivity index is 2.08. The number of nitrogens with zero attached hydrogens (tertiary/aromatic N) is 1. The minimum absolute atomic E-state index is 0.0670. The topological polar surface area (TPSA) is 64.4 Å². The van der Waals surface area contributed by atoms with Crippen molar-refractivity contribution in [1.29, 1.82) is 0 Å². The van der Waals surface area contributed by atoms with Gasteiger partial charge in [0.1, 0.15) is 18.2 Å². The van der Waals surface area contributed by atoms with Gasteiger partial charge in [0.2, 0.25) is 0 Å². The molecule has 0 aliphatic rings. The average molecular weight is 276 g/mol. The van der Waals surface area contributed by atoms with Gasteiger partial charge < -0.3 is 10.1 Å². The largest absolute Gasteiger partial charge is 0.489 e. The van der Waals surface area contributed by atoms with Crippen molar-refractivity contribution >= 4 is 11.4 Å². The number of hydrogen-bond acceptors (Lipinski definition) is 4. The molecule has 0 spiro atoms. The van der Waals surface area contributed by atoms with Crippen LogP contribution in [0, 0.1) is 15.9 Å². The van der Waals surface area contributed by atoms with Crippen LogP contribution in [0.4, 0.5) is 15.8 Å². The average Bonchev–Trinajstić information content (AvgIpc) is 2.45. The fourth-order valence-electron chi connectivity index (χ4n) is 1.71. The summed E-state index contributed by atoms with van der Waals surface area (Å²) in [7, 11) is 1.81. The van der Waals surface area contributed by atoms with E-state index in [9.17, 15) is 14.5 Å². The predicted octanol–water partition coefficient (Wildman–Crippen LogP) is 3.35. The van der Waals surface area contributed by atoms with Gasteiger partial charge in [-0.25, -0.2) is 4.39 Å². The van der Waals surface area contributed by atoms with E-state index in [-0.39, 0.29) is 12.3 Å². The summed E-state index contributed by atoms with van der Waals surface area (Å²) >= 11 is 0. The molecule has 0 fully saturated rings. The zero-order valence-corrected chi connectivity index (χ0v) is 10.8. The van der Waals surface area contributed by atoms with E-state index >= 15 is 0 Å². The lowest BCUT2D eigenvalue weighted by Crippen LogP contribution is -1.98. The Morgan fingerprint density at radius 1 is 1.25 bits per heavy atom. The number of nitro benzene ring substituents is 1. The van der Waals surface area contributed by atoms with Crippen LogP contribution in [0.3, 0.4) is 0 Å². The normalized spacial score (nSPS) is 10.1. The molecule has 0 aliphatic heterocycles. The van der Waals surface area contributed by atoms with E-state index in [1.807, 2.05) is 19.2 Å². The molecule has 0 saturated heterocycles. The summed E-state index contributed by atoms with van der Waals surface area (Å²) in [5.41, 5.74) is 1.07. The van der Waals surface area contributed by atoms with E-state index in [0.29, 0.717) is 11.3 Å². The van der Waals surface area contributed by atoms with Crippen LogP contribution < -0.4 is 10.1 Å². The molecule has 20 heavy (non-hydrogen) atoms. The van der Waals surface area contributed by atoms with Crippen LogP contribution in [0.15, 0.2) is 42.5 Å². The fourth-order valence-corrected chi connectivity index (χ4v) is 1.71. The van der Waals surface area contributed by atoms with Crippen molar-refractivity contribution in [2.75, 3.05) is 12.4 Å². The highest BCUT2D eigenvalue weighted by Gasteiger charge is 2.10. The Kier molecular flexibility index (Phi) is 4.14. The van der Waals surface area contributed by atoms with Crippen LogP contribution in [-0.2, 0) is 6.61 Å². The first-order valence-corrected chi connectivity index (χ1v) is 5.93. The molecule has 0 aromatic heterocycles. The molecule has 0 unspecified atom stereocenters. The third-order valence-electron chi connectivity index (χ3n) is 2.70. The molecule has 2 aromatic rings. The molecular formula is C14H13FN2O3. The van der Waals surface area contributed by atoms with Gasteiger partial charge in [-0.15, -0.1) is 0 Å². The number of non-ortho nitro benzene ring substituents is 1. The number of nitrogens with one attached hydrogen (secondary N) is 1. The standard InChI is InChI=1S/C14H13FN2O3/c1-16-12-2-4-14(5-3-12)20-9-10-6-11(15)8-13(7-10)17(18)19/h2-8,16H,9H2,1H3. The quantitative estimate of drug-likeness (QED) is 0.671. The molecule has 6 heteroatoms. The smallest absolute Gasteiger partial charge is 0.272 e. The van der Waals surface area contributed by atoms with Crippen LogP contribution >= 0.6 is 0 Å². The minimum Gasteiger partial charge on any atom is -0.489 e. The number of halogens is 1. The van der Waals surface area contributed by atoms with Gasteiger partial charge in [0.05, 0.1) is 11.0 Å². The lowest BCUT2D eigenvalue weighted by molar-refractivity contribution is -0.385. The first-order valence-electron chi connectivity index (χ1n) is 5.93. The molecule has 0 saturated carbocycles. The molecule has 0 atom stereocenters.